The minimum atomic E-state index is -3.40. The van der Waals surface area contributed by atoms with E-state index in [1.807, 2.05) is 6.92 Å². The summed E-state index contributed by atoms with van der Waals surface area (Å²) in [5.74, 6) is -0.447. The van der Waals surface area contributed by atoms with Gasteiger partial charge in [-0.25, -0.2) is 12.7 Å². The van der Waals surface area contributed by atoms with Gasteiger partial charge in [0.05, 0.1) is 10.8 Å². The van der Waals surface area contributed by atoms with Gasteiger partial charge in [0.15, 0.2) is 0 Å². The minimum Gasteiger partial charge on any atom is -0.461 e. The zero-order chi connectivity index (χ0) is 16.8. The first-order chi connectivity index (χ1) is 10.3. The van der Waals surface area contributed by atoms with Crippen LogP contribution < -0.4 is 0 Å². The molecule has 0 aliphatic rings. The zero-order valence-electron chi connectivity index (χ0n) is 13.3. The van der Waals surface area contributed by atoms with E-state index >= 15 is 0 Å². The summed E-state index contributed by atoms with van der Waals surface area (Å²) >= 11 is 0. The maximum absolute atomic E-state index is 12.0. The Labute approximate surface area is 132 Å². The van der Waals surface area contributed by atoms with E-state index in [4.69, 9.17) is 4.74 Å². The van der Waals surface area contributed by atoms with Gasteiger partial charge in [0.2, 0.25) is 10.0 Å². The SMILES string of the molecule is C=CCOC(=O)C(C)CCc1ccc(S(=O)(=O)N(C)C)cc1. The van der Waals surface area contributed by atoms with Gasteiger partial charge in [0.25, 0.3) is 0 Å². The van der Waals surface area contributed by atoms with Crippen molar-refractivity contribution in [2.24, 2.45) is 5.92 Å². The third-order valence-corrected chi connectivity index (χ3v) is 5.14. The molecule has 0 saturated heterocycles. The van der Waals surface area contributed by atoms with Crippen LogP contribution in [0.1, 0.15) is 18.9 Å². The van der Waals surface area contributed by atoms with Crippen molar-refractivity contribution in [3.05, 3.63) is 42.5 Å². The molecule has 0 aliphatic carbocycles. The number of ether oxygens (including phenoxy) is 1. The quantitative estimate of drug-likeness (QED) is 0.543. The van der Waals surface area contributed by atoms with Crippen LogP contribution in [-0.2, 0) is 26.0 Å². The Hall–Kier alpha value is -1.66. The van der Waals surface area contributed by atoms with Gasteiger partial charge in [-0.15, -0.1) is 0 Å². The Kier molecular flexibility index (Phi) is 6.77. The van der Waals surface area contributed by atoms with Gasteiger partial charge in [-0.2, -0.15) is 0 Å². The van der Waals surface area contributed by atoms with E-state index in [2.05, 4.69) is 6.58 Å². The van der Waals surface area contributed by atoms with Crippen molar-refractivity contribution in [2.75, 3.05) is 20.7 Å². The fraction of sp³-hybridized carbons (Fsp3) is 0.438. The van der Waals surface area contributed by atoms with Gasteiger partial charge >= 0.3 is 5.97 Å². The van der Waals surface area contributed by atoms with E-state index in [1.165, 1.54) is 24.5 Å². The molecule has 0 amide bonds. The van der Waals surface area contributed by atoms with Crippen molar-refractivity contribution >= 4 is 16.0 Å². The number of carbonyl (C=O) groups is 1. The van der Waals surface area contributed by atoms with Crippen molar-refractivity contribution in [3.63, 3.8) is 0 Å². The summed E-state index contributed by atoms with van der Waals surface area (Å²) in [5.41, 5.74) is 0.987. The molecule has 0 bridgehead atoms. The second-order valence-electron chi connectivity index (χ2n) is 5.29. The van der Waals surface area contributed by atoms with Crippen molar-refractivity contribution < 1.29 is 17.9 Å². The largest absolute Gasteiger partial charge is 0.461 e. The molecule has 0 aromatic heterocycles. The molecule has 1 aromatic rings. The number of benzene rings is 1. The van der Waals surface area contributed by atoms with Crippen LogP contribution in [0.25, 0.3) is 0 Å². The van der Waals surface area contributed by atoms with Crippen molar-refractivity contribution in [3.8, 4) is 0 Å². The highest BCUT2D eigenvalue weighted by atomic mass is 32.2. The monoisotopic (exact) mass is 325 g/mol. The first-order valence-electron chi connectivity index (χ1n) is 7.08. The lowest BCUT2D eigenvalue weighted by atomic mass is 10.0. The van der Waals surface area contributed by atoms with Crippen LogP contribution in [-0.4, -0.2) is 39.4 Å². The summed E-state index contributed by atoms with van der Waals surface area (Å²) in [7, 11) is -0.399. The highest BCUT2D eigenvalue weighted by Gasteiger charge is 2.17. The molecule has 0 N–H and O–H groups in total. The lowest BCUT2D eigenvalue weighted by Gasteiger charge is -2.12. The van der Waals surface area contributed by atoms with Gasteiger partial charge < -0.3 is 4.74 Å². The molecule has 1 atom stereocenters. The number of aryl methyl sites for hydroxylation is 1. The van der Waals surface area contributed by atoms with Gasteiger partial charge in [0, 0.05) is 14.1 Å². The van der Waals surface area contributed by atoms with E-state index in [-0.39, 0.29) is 23.4 Å². The molecule has 0 spiro atoms. The molecular formula is C16H23NO4S. The molecular weight excluding hydrogens is 302 g/mol. The van der Waals surface area contributed by atoms with Crippen LogP contribution >= 0.6 is 0 Å². The van der Waals surface area contributed by atoms with E-state index in [0.29, 0.717) is 12.8 Å². The Morgan fingerprint density at radius 3 is 2.41 bits per heavy atom. The number of carbonyl (C=O) groups excluding carboxylic acids is 1. The highest BCUT2D eigenvalue weighted by molar-refractivity contribution is 7.89. The Morgan fingerprint density at radius 1 is 1.32 bits per heavy atom. The smallest absolute Gasteiger partial charge is 0.308 e. The Morgan fingerprint density at radius 2 is 1.91 bits per heavy atom. The van der Waals surface area contributed by atoms with Crippen LogP contribution in [0, 0.1) is 5.92 Å². The molecule has 6 heteroatoms. The molecule has 0 radical (unpaired) electrons. The maximum Gasteiger partial charge on any atom is 0.308 e. The third kappa shape index (κ3) is 4.96. The topological polar surface area (TPSA) is 63.7 Å². The van der Waals surface area contributed by atoms with Crippen LogP contribution in [0.3, 0.4) is 0 Å². The third-order valence-electron chi connectivity index (χ3n) is 3.31. The van der Waals surface area contributed by atoms with Gasteiger partial charge in [0.1, 0.15) is 6.61 Å². The molecule has 0 fully saturated rings. The number of sulfonamides is 1. The normalized spacial score (nSPS) is 12.9. The predicted molar refractivity (Wildman–Crippen MR) is 86.0 cm³/mol. The van der Waals surface area contributed by atoms with Crippen LogP contribution in [0.5, 0.6) is 0 Å². The molecule has 0 saturated carbocycles. The maximum atomic E-state index is 12.0. The van der Waals surface area contributed by atoms with Crippen LogP contribution in [0.2, 0.25) is 0 Å². The van der Waals surface area contributed by atoms with Crippen molar-refractivity contribution in [2.45, 2.75) is 24.7 Å². The van der Waals surface area contributed by atoms with E-state index in [9.17, 15) is 13.2 Å². The van der Waals surface area contributed by atoms with Crippen molar-refractivity contribution in [1.29, 1.82) is 0 Å². The summed E-state index contributed by atoms with van der Waals surface area (Å²) in [6, 6.07) is 6.73. The van der Waals surface area contributed by atoms with E-state index in [1.54, 1.807) is 24.3 Å². The standard InChI is InChI=1S/C16H23NO4S/c1-5-12-21-16(18)13(2)6-7-14-8-10-15(11-9-14)22(19,20)17(3)4/h5,8-11,13H,1,6-7,12H2,2-4H3. The van der Waals surface area contributed by atoms with E-state index in [0.717, 1.165) is 5.56 Å². The second kappa shape index (κ2) is 8.10. The van der Waals surface area contributed by atoms with Gasteiger partial charge in [-0.05, 0) is 30.5 Å². The van der Waals surface area contributed by atoms with Crippen molar-refractivity contribution in [1.82, 2.24) is 4.31 Å². The Balaban J connectivity index is 2.62. The summed E-state index contributed by atoms with van der Waals surface area (Å²) in [4.78, 5) is 11.9. The summed E-state index contributed by atoms with van der Waals surface area (Å²) in [6.07, 6.45) is 2.87. The Bertz CT molecular complexity index is 606. The zero-order valence-corrected chi connectivity index (χ0v) is 14.1. The van der Waals surface area contributed by atoms with Crippen LogP contribution in [0.4, 0.5) is 0 Å². The first-order valence-corrected chi connectivity index (χ1v) is 8.52. The van der Waals surface area contributed by atoms with Crippen LogP contribution in [0.15, 0.2) is 41.8 Å². The average Bonchev–Trinajstić information content (AvgIpc) is 2.50. The lowest BCUT2D eigenvalue weighted by molar-refractivity contribution is -0.146. The molecule has 5 nitrogen and oxygen atoms in total. The van der Waals surface area contributed by atoms with Gasteiger partial charge in [-0.1, -0.05) is 31.7 Å². The molecule has 0 aliphatic heterocycles. The van der Waals surface area contributed by atoms with E-state index < -0.39 is 10.0 Å². The molecule has 22 heavy (non-hydrogen) atoms. The first kappa shape index (κ1) is 18.4. The predicted octanol–water partition coefficient (Wildman–Crippen LogP) is 2.23. The molecule has 122 valence electrons. The molecule has 1 aromatic carbocycles. The summed E-state index contributed by atoms with van der Waals surface area (Å²) < 4.78 is 30.1. The molecule has 1 rings (SSSR count). The number of hydrogen-bond acceptors (Lipinski definition) is 4. The fourth-order valence-corrected chi connectivity index (χ4v) is 2.72. The fourth-order valence-electron chi connectivity index (χ4n) is 1.82. The molecule has 1 unspecified atom stereocenters. The number of nitrogens with zero attached hydrogens (tertiary/aromatic N) is 1. The lowest BCUT2D eigenvalue weighted by Crippen LogP contribution is -2.22. The number of hydrogen-bond donors (Lipinski definition) is 0. The highest BCUT2D eigenvalue weighted by Crippen LogP contribution is 2.16. The number of rotatable bonds is 8. The second-order valence-corrected chi connectivity index (χ2v) is 7.44. The number of esters is 1. The minimum absolute atomic E-state index is 0.204. The molecule has 0 heterocycles. The van der Waals surface area contributed by atoms with Gasteiger partial charge in [-0.3, -0.25) is 4.79 Å². The average molecular weight is 325 g/mol. The summed E-state index contributed by atoms with van der Waals surface area (Å²) in [5, 5.41) is 0. The summed E-state index contributed by atoms with van der Waals surface area (Å²) in [6.45, 7) is 5.53.